The number of nitrogens with two attached hydrogens (primary N) is 1. The summed E-state index contributed by atoms with van der Waals surface area (Å²) in [5.74, 6) is 1.32. The number of aromatic nitrogens is 1. The minimum atomic E-state index is -3.34. The van der Waals surface area contributed by atoms with Crippen LogP contribution in [0.3, 0.4) is 0 Å². The van der Waals surface area contributed by atoms with Gasteiger partial charge in [0.25, 0.3) is 5.91 Å². The first-order valence-corrected chi connectivity index (χ1v) is 11.5. The van der Waals surface area contributed by atoms with Crippen LogP contribution in [0.25, 0.3) is 0 Å². The Morgan fingerprint density at radius 3 is 3.06 bits per heavy atom. The van der Waals surface area contributed by atoms with Crippen molar-refractivity contribution in [3.8, 4) is 5.75 Å². The van der Waals surface area contributed by atoms with Crippen molar-refractivity contribution in [1.82, 2.24) is 9.88 Å². The smallest absolute Gasteiger partial charge is 0.254 e. The maximum atomic E-state index is 12.9. The minimum absolute atomic E-state index is 0.0165. The third-order valence-corrected chi connectivity index (χ3v) is 6.24. The minimum Gasteiger partial charge on any atom is -0.492 e. The topological polar surface area (TPSA) is 145 Å². The predicted molar refractivity (Wildman–Crippen MR) is 122 cm³/mol. The SMILES string of the molecule is CNc1cc(C(=O)N2CCCC(COc3cccc4c3C(N)=NS(O)(O)N4)C2)ccn1. The van der Waals surface area contributed by atoms with Gasteiger partial charge in [-0.2, -0.15) is 0 Å². The highest BCUT2D eigenvalue weighted by atomic mass is 32.3. The second-order valence-corrected chi connectivity index (χ2v) is 8.95. The summed E-state index contributed by atoms with van der Waals surface area (Å²) in [6.45, 7) is 1.70. The van der Waals surface area contributed by atoms with E-state index < -0.39 is 11.0 Å². The van der Waals surface area contributed by atoms with Crippen molar-refractivity contribution in [2.24, 2.45) is 16.0 Å². The number of fused-ring (bicyclic) bond motifs is 1. The summed E-state index contributed by atoms with van der Waals surface area (Å²) in [7, 11) is -1.58. The molecular formula is C20H26N6O4S. The van der Waals surface area contributed by atoms with E-state index in [9.17, 15) is 13.9 Å². The lowest BCUT2D eigenvalue weighted by Gasteiger charge is -2.34. The third kappa shape index (κ3) is 4.68. The number of carbonyl (C=O) groups excluding carboxylic acids is 1. The van der Waals surface area contributed by atoms with E-state index in [1.54, 1.807) is 43.6 Å². The Balaban J connectivity index is 1.43. The Bertz CT molecular complexity index is 1010. The van der Waals surface area contributed by atoms with Crippen LogP contribution in [0.2, 0.25) is 0 Å². The number of piperidine rings is 1. The van der Waals surface area contributed by atoms with E-state index in [0.29, 0.717) is 48.1 Å². The highest BCUT2D eigenvalue weighted by Crippen LogP contribution is 2.46. The molecule has 3 heterocycles. The van der Waals surface area contributed by atoms with Crippen LogP contribution in [-0.2, 0) is 0 Å². The number of amidine groups is 1. The van der Waals surface area contributed by atoms with Crippen LogP contribution >= 0.6 is 11.0 Å². The van der Waals surface area contributed by atoms with Gasteiger partial charge in [-0.05, 0) is 48.1 Å². The summed E-state index contributed by atoms with van der Waals surface area (Å²) in [5.41, 5.74) is 7.52. The van der Waals surface area contributed by atoms with Crippen molar-refractivity contribution in [2.75, 3.05) is 36.8 Å². The largest absolute Gasteiger partial charge is 0.492 e. The summed E-state index contributed by atoms with van der Waals surface area (Å²) in [6.07, 6.45) is 3.46. The number of rotatable bonds is 5. The lowest BCUT2D eigenvalue weighted by Crippen LogP contribution is -2.41. The van der Waals surface area contributed by atoms with Gasteiger partial charge >= 0.3 is 0 Å². The Hall–Kier alpha value is -3.02. The molecule has 11 heteroatoms. The molecule has 0 radical (unpaired) electrons. The Kier molecular flexibility index (Phi) is 5.90. The molecule has 1 atom stereocenters. The second-order valence-electron chi connectivity index (χ2n) is 7.53. The highest BCUT2D eigenvalue weighted by Gasteiger charge is 2.28. The summed E-state index contributed by atoms with van der Waals surface area (Å²) in [4.78, 5) is 18.9. The molecule has 6 N–H and O–H groups in total. The standard InChI is InChI=1S/C20H26N6O4S/c1-22-17-10-14(7-8-23-17)20(27)26-9-3-4-13(11-26)12-30-16-6-2-5-15-18(16)19(21)25-31(28,29)24-15/h2,5-8,10,13,24,28-29H,3-4,9,11-12H2,1H3,(H2,21,25)(H,22,23). The number of likely N-dealkylation sites (tertiary alicyclic amines) is 1. The van der Waals surface area contributed by atoms with Gasteiger partial charge in [-0.3, -0.25) is 18.6 Å². The van der Waals surface area contributed by atoms with Crippen molar-refractivity contribution >= 4 is 34.2 Å². The lowest BCUT2D eigenvalue weighted by molar-refractivity contribution is 0.0633. The molecule has 1 fully saturated rings. The van der Waals surface area contributed by atoms with Gasteiger partial charge in [0.05, 0.1) is 17.9 Å². The first-order chi connectivity index (χ1) is 14.9. The molecule has 2 aliphatic rings. The van der Waals surface area contributed by atoms with Crippen molar-refractivity contribution in [3.63, 3.8) is 0 Å². The van der Waals surface area contributed by atoms with E-state index in [2.05, 4.69) is 19.4 Å². The molecule has 2 aliphatic heterocycles. The average Bonchev–Trinajstić information content (AvgIpc) is 2.76. The zero-order valence-corrected chi connectivity index (χ0v) is 17.9. The zero-order chi connectivity index (χ0) is 22.0. The van der Waals surface area contributed by atoms with Crippen LogP contribution in [0.4, 0.5) is 11.5 Å². The Morgan fingerprint density at radius 2 is 2.26 bits per heavy atom. The number of anilines is 2. The number of nitrogens with one attached hydrogen (secondary N) is 2. The Labute approximate surface area is 182 Å². The predicted octanol–water partition coefficient (Wildman–Crippen LogP) is 2.77. The normalized spacial score (nSPS) is 20.7. The fourth-order valence-electron chi connectivity index (χ4n) is 3.83. The first-order valence-electron chi connectivity index (χ1n) is 9.97. The third-order valence-electron chi connectivity index (χ3n) is 5.30. The van der Waals surface area contributed by atoms with Gasteiger partial charge in [-0.25, -0.2) is 4.98 Å². The van der Waals surface area contributed by atoms with E-state index >= 15 is 0 Å². The lowest BCUT2D eigenvalue weighted by atomic mass is 9.98. The molecular weight excluding hydrogens is 420 g/mol. The molecule has 0 saturated carbocycles. The number of nitrogens with zero attached hydrogens (tertiary/aromatic N) is 3. The molecule has 1 saturated heterocycles. The van der Waals surface area contributed by atoms with E-state index in [4.69, 9.17) is 10.5 Å². The maximum absolute atomic E-state index is 12.9. The number of ether oxygens (including phenoxy) is 1. The van der Waals surface area contributed by atoms with Crippen LogP contribution in [0.15, 0.2) is 40.9 Å². The monoisotopic (exact) mass is 446 g/mol. The van der Waals surface area contributed by atoms with Crippen LogP contribution in [-0.4, -0.2) is 57.5 Å². The van der Waals surface area contributed by atoms with Gasteiger partial charge in [0, 0.05) is 37.8 Å². The molecule has 0 spiro atoms. The van der Waals surface area contributed by atoms with Crippen LogP contribution in [0.1, 0.15) is 28.8 Å². The van der Waals surface area contributed by atoms with Gasteiger partial charge in [0.2, 0.25) is 0 Å². The molecule has 2 aromatic rings. The molecule has 10 nitrogen and oxygen atoms in total. The van der Waals surface area contributed by atoms with Crippen molar-refractivity contribution in [3.05, 3.63) is 47.7 Å². The average molecular weight is 447 g/mol. The van der Waals surface area contributed by atoms with Gasteiger partial charge < -0.3 is 20.7 Å². The van der Waals surface area contributed by atoms with E-state index in [0.717, 1.165) is 12.8 Å². The molecule has 166 valence electrons. The summed E-state index contributed by atoms with van der Waals surface area (Å²) < 4.78 is 31.9. The summed E-state index contributed by atoms with van der Waals surface area (Å²) in [5, 5.41) is 2.95. The quantitative estimate of drug-likeness (QED) is 0.471. The molecule has 1 aromatic heterocycles. The number of amides is 1. The molecule has 1 unspecified atom stereocenters. The molecule has 0 aliphatic carbocycles. The van der Waals surface area contributed by atoms with E-state index in [1.165, 1.54) is 0 Å². The fourth-order valence-corrected chi connectivity index (χ4v) is 4.71. The van der Waals surface area contributed by atoms with Gasteiger partial charge in [-0.15, -0.1) is 4.40 Å². The second kappa shape index (κ2) is 8.61. The first kappa shape index (κ1) is 21.2. The number of pyridine rings is 1. The van der Waals surface area contributed by atoms with Gasteiger partial charge in [0.1, 0.15) is 11.6 Å². The number of hydrogen-bond donors (Lipinski definition) is 5. The molecule has 31 heavy (non-hydrogen) atoms. The number of hydrogen-bond acceptors (Lipinski definition) is 9. The summed E-state index contributed by atoms with van der Waals surface area (Å²) in [6, 6.07) is 8.67. The molecule has 0 bridgehead atoms. The number of carbonyl (C=O) groups is 1. The van der Waals surface area contributed by atoms with Crippen molar-refractivity contribution in [2.45, 2.75) is 12.8 Å². The van der Waals surface area contributed by atoms with Gasteiger partial charge in [0.15, 0.2) is 5.84 Å². The van der Waals surface area contributed by atoms with Crippen molar-refractivity contribution in [1.29, 1.82) is 0 Å². The zero-order valence-electron chi connectivity index (χ0n) is 17.1. The van der Waals surface area contributed by atoms with Crippen LogP contribution < -0.4 is 20.5 Å². The van der Waals surface area contributed by atoms with Crippen LogP contribution in [0.5, 0.6) is 5.75 Å². The molecule has 1 amide bonds. The Morgan fingerprint density at radius 1 is 1.42 bits per heavy atom. The fraction of sp³-hybridized carbons (Fsp3) is 0.350. The highest BCUT2D eigenvalue weighted by molar-refractivity contribution is 8.24. The molecule has 1 aromatic carbocycles. The summed E-state index contributed by atoms with van der Waals surface area (Å²) >= 11 is 0. The van der Waals surface area contributed by atoms with E-state index in [-0.39, 0.29) is 17.7 Å². The van der Waals surface area contributed by atoms with Crippen molar-refractivity contribution < 1.29 is 18.6 Å². The van der Waals surface area contributed by atoms with Crippen LogP contribution in [0, 0.1) is 5.92 Å². The van der Waals surface area contributed by atoms with E-state index in [1.807, 2.05) is 4.90 Å². The molecule has 4 rings (SSSR count). The number of benzene rings is 1. The van der Waals surface area contributed by atoms with Gasteiger partial charge in [-0.1, -0.05) is 6.07 Å². The maximum Gasteiger partial charge on any atom is 0.254 e.